The molecule has 31 heavy (non-hydrogen) atoms. The van der Waals surface area contributed by atoms with Gasteiger partial charge in [0.25, 0.3) is 5.56 Å². The van der Waals surface area contributed by atoms with Crippen LogP contribution in [0.15, 0.2) is 33.9 Å². The number of nitrogens with zero attached hydrogens (tertiary/aromatic N) is 5. The average molecular weight is 424 g/mol. The SMILES string of the molecule is CCCCCCCn1c(=O)c2c(nc3n2C[C@H](C)CN3c2cccc(C)c2)n(C)c1=O. The van der Waals surface area contributed by atoms with Gasteiger partial charge in [-0.15, -0.1) is 0 Å². The number of hydrogen-bond donors (Lipinski definition) is 0. The highest BCUT2D eigenvalue weighted by atomic mass is 16.2. The Hall–Kier alpha value is -2.83. The van der Waals surface area contributed by atoms with Gasteiger partial charge in [0.15, 0.2) is 11.2 Å². The van der Waals surface area contributed by atoms with E-state index < -0.39 is 0 Å². The molecule has 0 radical (unpaired) electrons. The second-order valence-corrected chi connectivity index (χ2v) is 8.96. The lowest BCUT2D eigenvalue weighted by molar-refractivity contribution is 0.457. The molecular weight excluding hydrogens is 390 g/mol. The molecule has 2 aromatic heterocycles. The van der Waals surface area contributed by atoms with Gasteiger partial charge in [-0.05, 0) is 37.0 Å². The van der Waals surface area contributed by atoms with Crippen LogP contribution in [-0.4, -0.2) is 25.2 Å². The molecule has 3 heterocycles. The van der Waals surface area contributed by atoms with Gasteiger partial charge < -0.3 is 9.47 Å². The van der Waals surface area contributed by atoms with Crippen LogP contribution in [0.1, 0.15) is 51.5 Å². The van der Waals surface area contributed by atoms with Gasteiger partial charge in [0, 0.05) is 32.4 Å². The third-order valence-corrected chi connectivity index (χ3v) is 6.24. The van der Waals surface area contributed by atoms with E-state index in [0.29, 0.717) is 23.6 Å². The first-order valence-electron chi connectivity index (χ1n) is 11.5. The molecule has 0 N–H and O–H groups in total. The van der Waals surface area contributed by atoms with E-state index in [4.69, 9.17) is 4.98 Å². The summed E-state index contributed by atoms with van der Waals surface area (Å²) in [7, 11) is 1.72. The van der Waals surface area contributed by atoms with E-state index in [1.807, 2.05) is 10.6 Å². The summed E-state index contributed by atoms with van der Waals surface area (Å²) in [5, 5.41) is 0. The zero-order chi connectivity index (χ0) is 22.1. The van der Waals surface area contributed by atoms with Crippen molar-refractivity contribution in [3.63, 3.8) is 0 Å². The quantitative estimate of drug-likeness (QED) is 0.540. The smallest absolute Gasteiger partial charge is 0.312 e. The lowest BCUT2D eigenvalue weighted by Gasteiger charge is -2.33. The second kappa shape index (κ2) is 8.73. The molecule has 1 aromatic carbocycles. The van der Waals surface area contributed by atoms with Gasteiger partial charge in [-0.25, -0.2) is 4.79 Å². The first kappa shape index (κ1) is 21.4. The van der Waals surface area contributed by atoms with Crippen molar-refractivity contribution < 1.29 is 0 Å². The summed E-state index contributed by atoms with van der Waals surface area (Å²) in [6.07, 6.45) is 5.37. The predicted molar refractivity (Wildman–Crippen MR) is 125 cm³/mol. The lowest BCUT2D eigenvalue weighted by Crippen LogP contribution is -2.40. The van der Waals surface area contributed by atoms with Crippen molar-refractivity contribution >= 4 is 22.8 Å². The van der Waals surface area contributed by atoms with Gasteiger partial charge in [-0.2, -0.15) is 4.98 Å². The van der Waals surface area contributed by atoms with Gasteiger partial charge in [-0.1, -0.05) is 51.7 Å². The first-order valence-corrected chi connectivity index (χ1v) is 11.5. The molecule has 7 heteroatoms. The van der Waals surface area contributed by atoms with E-state index in [2.05, 4.69) is 43.9 Å². The van der Waals surface area contributed by atoms with E-state index >= 15 is 0 Å². The molecule has 0 saturated heterocycles. The number of anilines is 2. The number of aromatic nitrogens is 4. The van der Waals surface area contributed by atoms with Crippen LogP contribution in [0.5, 0.6) is 0 Å². The van der Waals surface area contributed by atoms with Gasteiger partial charge in [-0.3, -0.25) is 13.9 Å². The van der Waals surface area contributed by atoms with Crippen LogP contribution >= 0.6 is 0 Å². The monoisotopic (exact) mass is 423 g/mol. The van der Waals surface area contributed by atoms with Gasteiger partial charge >= 0.3 is 5.69 Å². The van der Waals surface area contributed by atoms with E-state index in [9.17, 15) is 9.59 Å². The molecule has 3 aromatic rings. The van der Waals surface area contributed by atoms with Crippen LogP contribution in [0.25, 0.3) is 11.2 Å². The molecule has 1 atom stereocenters. The number of hydrogen-bond acceptors (Lipinski definition) is 4. The maximum Gasteiger partial charge on any atom is 0.332 e. The highest BCUT2D eigenvalue weighted by Crippen LogP contribution is 2.33. The lowest BCUT2D eigenvalue weighted by atomic mass is 10.1. The van der Waals surface area contributed by atoms with Crippen LogP contribution < -0.4 is 16.1 Å². The maximum atomic E-state index is 13.4. The summed E-state index contributed by atoms with van der Waals surface area (Å²) in [5.41, 5.74) is 2.75. The molecule has 4 rings (SSSR count). The molecule has 0 unspecified atom stereocenters. The predicted octanol–water partition coefficient (Wildman–Crippen LogP) is 3.96. The highest BCUT2D eigenvalue weighted by molar-refractivity contribution is 5.77. The summed E-state index contributed by atoms with van der Waals surface area (Å²) in [6.45, 7) is 8.44. The van der Waals surface area contributed by atoms with E-state index in [1.54, 1.807) is 7.05 Å². The number of benzene rings is 1. The summed E-state index contributed by atoms with van der Waals surface area (Å²) in [4.78, 5) is 33.4. The van der Waals surface area contributed by atoms with Crippen LogP contribution in [0, 0.1) is 12.8 Å². The molecule has 0 bridgehead atoms. The standard InChI is InChI=1S/C24H33N5O2/c1-5-6-7-8-9-13-27-22(30)20-21(26(4)24(27)31)25-23-28(15-18(3)16-29(20)23)19-12-10-11-17(2)14-19/h10-12,14,18H,5-9,13,15-16H2,1-4H3/t18-/m1/s1. The summed E-state index contributed by atoms with van der Waals surface area (Å²) in [5.74, 6) is 1.09. The number of fused-ring (bicyclic) bond motifs is 3. The number of unbranched alkanes of at least 4 members (excludes halogenated alkanes) is 4. The maximum absolute atomic E-state index is 13.4. The number of rotatable bonds is 7. The second-order valence-electron chi connectivity index (χ2n) is 8.96. The van der Waals surface area contributed by atoms with Crippen molar-refractivity contribution in [3.05, 3.63) is 50.7 Å². The van der Waals surface area contributed by atoms with Crippen molar-refractivity contribution in [2.75, 3.05) is 11.4 Å². The van der Waals surface area contributed by atoms with Crippen LogP contribution in [0.4, 0.5) is 11.6 Å². The average Bonchev–Trinajstić information content (AvgIpc) is 3.13. The molecule has 7 nitrogen and oxygen atoms in total. The topological polar surface area (TPSA) is 65.1 Å². The molecular formula is C24H33N5O2. The van der Waals surface area contributed by atoms with Crippen molar-refractivity contribution in [1.29, 1.82) is 0 Å². The van der Waals surface area contributed by atoms with E-state index in [0.717, 1.165) is 44.0 Å². The zero-order valence-corrected chi connectivity index (χ0v) is 19.1. The summed E-state index contributed by atoms with van der Waals surface area (Å²) < 4.78 is 4.95. The Kier molecular flexibility index (Phi) is 6.03. The third-order valence-electron chi connectivity index (χ3n) is 6.24. The Balaban J connectivity index is 1.81. The van der Waals surface area contributed by atoms with Crippen molar-refractivity contribution in [2.24, 2.45) is 13.0 Å². The molecule has 1 aliphatic rings. The molecule has 0 saturated carbocycles. The van der Waals surface area contributed by atoms with Gasteiger partial charge in [0.1, 0.15) is 0 Å². The fourth-order valence-electron chi connectivity index (χ4n) is 4.59. The van der Waals surface area contributed by atoms with Crippen LogP contribution in [0.3, 0.4) is 0 Å². The van der Waals surface area contributed by atoms with Crippen LogP contribution in [0.2, 0.25) is 0 Å². The Morgan fingerprint density at radius 2 is 1.87 bits per heavy atom. The van der Waals surface area contributed by atoms with Crippen molar-refractivity contribution in [2.45, 2.75) is 66.0 Å². The van der Waals surface area contributed by atoms with Gasteiger partial charge in [0.05, 0.1) is 0 Å². The summed E-state index contributed by atoms with van der Waals surface area (Å²) >= 11 is 0. The van der Waals surface area contributed by atoms with Crippen molar-refractivity contribution in [1.82, 2.24) is 18.7 Å². The Morgan fingerprint density at radius 3 is 2.61 bits per heavy atom. The van der Waals surface area contributed by atoms with Gasteiger partial charge in [0.2, 0.25) is 5.95 Å². The minimum atomic E-state index is -0.279. The summed E-state index contributed by atoms with van der Waals surface area (Å²) in [6, 6.07) is 8.32. The van der Waals surface area contributed by atoms with Crippen LogP contribution in [-0.2, 0) is 20.1 Å². The van der Waals surface area contributed by atoms with Crippen molar-refractivity contribution in [3.8, 4) is 0 Å². The molecule has 166 valence electrons. The molecule has 1 aliphatic heterocycles. The molecule has 0 aliphatic carbocycles. The zero-order valence-electron chi connectivity index (χ0n) is 19.1. The number of imidazole rings is 1. The van der Waals surface area contributed by atoms with E-state index in [-0.39, 0.29) is 11.2 Å². The third kappa shape index (κ3) is 3.93. The number of aryl methyl sites for hydroxylation is 2. The molecule has 0 spiro atoms. The molecule has 0 fully saturated rings. The molecule has 0 amide bonds. The highest BCUT2D eigenvalue weighted by Gasteiger charge is 2.29. The largest absolute Gasteiger partial charge is 0.332 e. The normalized spacial score (nSPS) is 16.1. The Labute approximate surface area is 182 Å². The Morgan fingerprint density at radius 1 is 1.10 bits per heavy atom. The fourth-order valence-corrected chi connectivity index (χ4v) is 4.59. The first-order chi connectivity index (χ1) is 14.9. The minimum absolute atomic E-state index is 0.217. The fraction of sp³-hybridized carbons (Fsp3) is 0.542. The Bertz CT molecular complexity index is 1200. The van der Waals surface area contributed by atoms with E-state index in [1.165, 1.54) is 27.5 Å². The minimum Gasteiger partial charge on any atom is -0.312 e.